The van der Waals surface area contributed by atoms with E-state index in [1.54, 1.807) is 43.7 Å². The minimum atomic E-state index is -0.299. The first kappa shape index (κ1) is 20.9. The van der Waals surface area contributed by atoms with Gasteiger partial charge in [0.2, 0.25) is 0 Å². The summed E-state index contributed by atoms with van der Waals surface area (Å²) in [6.07, 6.45) is 3.21. The highest BCUT2D eigenvalue weighted by atomic mass is 35.5. The lowest BCUT2D eigenvalue weighted by Crippen LogP contribution is -2.26. The van der Waals surface area contributed by atoms with Crippen LogP contribution >= 0.6 is 23.4 Å². The number of rotatable bonds is 9. The number of amides is 1. The first-order valence-corrected chi connectivity index (χ1v) is 9.46. The number of carbonyl (C=O) groups is 1. The van der Waals surface area contributed by atoms with E-state index in [4.69, 9.17) is 21.1 Å². The van der Waals surface area contributed by atoms with Crippen molar-refractivity contribution in [2.75, 3.05) is 13.7 Å². The Hall–Kier alpha value is -2.44. The number of hydrogen-bond acceptors (Lipinski definition) is 5. The summed E-state index contributed by atoms with van der Waals surface area (Å²) >= 11 is 7.30. The van der Waals surface area contributed by atoms with E-state index < -0.39 is 0 Å². The van der Waals surface area contributed by atoms with E-state index in [2.05, 4.69) is 17.1 Å². The van der Waals surface area contributed by atoms with Crippen molar-refractivity contribution in [2.45, 2.75) is 17.1 Å². The number of thioether (sulfide) groups is 1. The number of hydrogen-bond donors (Lipinski definition) is 1. The molecular formula is C20H21ClN2O3S. The number of nitrogens with one attached hydrogen (secondary N) is 1. The molecule has 142 valence electrons. The highest BCUT2D eigenvalue weighted by Gasteiger charge is 2.13. The Labute approximate surface area is 168 Å². The number of hydrazone groups is 1. The van der Waals surface area contributed by atoms with Crippen LogP contribution in [0.15, 0.2) is 65.1 Å². The SMILES string of the molecule is C=CCOc1ccc(/C=N\NC(=O)[C@@H](C)Sc2ccc(Cl)cc2)cc1OC. The summed E-state index contributed by atoms with van der Waals surface area (Å²) in [5, 5.41) is 4.38. The Kier molecular flexibility index (Phi) is 8.23. The van der Waals surface area contributed by atoms with Crippen molar-refractivity contribution in [2.24, 2.45) is 5.10 Å². The zero-order valence-corrected chi connectivity index (χ0v) is 16.7. The molecule has 7 heteroatoms. The molecule has 2 rings (SSSR count). The van der Waals surface area contributed by atoms with Crippen molar-refractivity contribution in [1.29, 1.82) is 0 Å². The van der Waals surface area contributed by atoms with Crippen LogP contribution in [-0.2, 0) is 4.79 Å². The number of methoxy groups -OCH3 is 1. The standard InChI is InChI=1S/C20H21ClN2O3S/c1-4-11-26-18-10-5-15(12-19(18)25-3)13-22-23-20(24)14(2)27-17-8-6-16(21)7-9-17/h4-10,12-14H,1,11H2,2-3H3,(H,23,24)/b22-13-/t14-/m1/s1. The van der Waals surface area contributed by atoms with Gasteiger partial charge in [0.25, 0.3) is 5.91 Å². The van der Waals surface area contributed by atoms with Gasteiger partial charge in [-0.15, -0.1) is 11.8 Å². The van der Waals surface area contributed by atoms with E-state index in [0.29, 0.717) is 23.1 Å². The van der Waals surface area contributed by atoms with Gasteiger partial charge in [-0.2, -0.15) is 5.10 Å². The monoisotopic (exact) mass is 404 g/mol. The van der Waals surface area contributed by atoms with Gasteiger partial charge in [-0.3, -0.25) is 4.79 Å². The number of benzene rings is 2. The highest BCUT2D eigenvalue weighted by molar-refractivity contribution is 8.00. The molecule has 1 N–H and O–H groups in total. The van der Waals surface area contributed by atoms with E-state index in [-0.39, 0.29) is 11.2 Å². The molecule has 0 fully saturated rings. The topological polar surface area (TPSA) is 59.9 Å². The summed E-state index contributed by atoms with van der Waals surface area (Å²) < 4.78 is 10.8. The van der Waals surface area contributed by atoms with E-state index >= 15 is 0 Å². The Bertz CT molecular complexity index is 809. The van der Waals surface area contributed by atoms with Crippen molar-refractivity contribution in [1.82, 2.24) is 5.43 Å². The number of ether oxygens (including phenoxy) is 2. The predicted molar refractivity (Wildman–Crippen MR) is 111 cm³/mol. The lowest BCUT2D eigenvalue weighted by Gasteiger charge is -2.10. The predicted octanol–water partition coefficient (Wildman–Crippen LogP) is 4.54. The second kappa shape index (κ2) is 10.6. The van der Waals surface area contributed by atoms with Crippen LogP contribution in [-0.4, -0.2) is 31.1 Å². The number of halogens is 1. The zero-order valence-electron chi connectivity index (χ0n) is 15.1. The molecule has 2 aromatic carbocycles. The summed E-state index contributed by atoms with van der Waals surface area (Å²) in [5.41, 5.74) is 3.32. The minimum absolute atomic E-state index is 0.191. The summed E-state index contributed by atoms with van der Waals surface area (Å²) in [6, 6.07) is 12.7. The molecule has 1 atom stereocenters. The summed E-state index contributed by atoms with van der Waals surface area (Å²) in [7, 11) is 1.56. The first-order valence-electron chi connectivity index (χ1n) is 8.20. The summed E-state index contributed by atoms with van der Waals surface area (Å²) in [5.74, 6) is 1.01. The third kappa shape index (κ3) is 6.66. The van der Waals surface area contributed by atoms with Crippen molar-refractivity contribution in [3.63, 3.8) is 0 Å². The Morgan fingerprint density at radius 2 is 2.04 bits per heavy atom. The molecule has 5 nitrogen and oxygen atoms in total. The molecular weight excluding hydrogens is 384 g/mol. The molecule has 0 unspecified atom stereocenters. The molecule has 0 aromatic heterocycles. The van der Waals surface area contributed by atoms with Gasteiger partial charge in [-0.25, -0.2) is 5.43 Å². The minimum Gasteiger partial charge on any atom is -0.493 e. The van der Waals surface area contributed by atoms with Crippen molar-refractivity contribution in [3.05, 3.63) is 65.7 Å². The second-order valence-corrected chi connectivity index (χ2v) is 7.31. The van der Waals surface area contributed by atoms with Crippen LogP contribution in [0, 0.1) is 0 Å². The van der Waals surface area contributed by atoms with Gasteiger partial charge in [0, 0.05) is 9.92 Å². The maximum atomic E-state index is 12.2. The molecule has 0 aliphatic rings. The average Bonchev–Trinajstić information content (AvgIpc) is 2.68. The highest BCUT2D eigenvalue weighted by Crippen LogP contribution is 2.27. The van der Waals surface area contributed by atoms with Crippen LogP contribution in [0.5, 0.6) is 11.5 Å². The van der Waals surface area contributed by atoms with Gasteiger partial charge in [-0.1, -0.05) is 24.3 Å². The Morgan fingerprint density at radius 3 is 2.70 bits per heavy atom. The molecule has 27 heavy (non-hydrogen) atoms. The van der Waals surface area contributed by atoms with Crippen LogP contribution < -0.4 is 14.9 Å². The molecule has 0 bridgehead atoms. The third-order valence-corrected chi connectivity index (χ3v) is 4.79. The van der Waals surface area contributed by atoms with Crippen LogP contribution in [0.4, 0.5) is 0 Å². The fourth-order valence-electron chi connectivity index (χ4n) is 2.06. The van der Waals surface area contributed by atoms with E-state index in [0.717, 1.165) is 10.5 Å². The van der Waals surface area contributed by atoms with Crippen LogP contribution in [0.25, 0.3) is 0 Å². The molecule has 0 saturated carbocycles. The second-order valence-electron chi connectivity index (χ2n) is 5.46. The summed E-state index contributed by atoms with van der Waals surface area (Å²) in [6.45, 7) is 5.83. The molecule has 0 saturated heterocycles. The van der Waals surface area contributed by atoms with Crippen LogP contribution in [0.2, 0.25) is 5.02 Å². The lowest BCUT2D eigenvalue weighted by atomic mass is 10.2. The Morgan fingerprint density at radius 1 is 1.30 bits per heavy atom. The lowest BCUT2D eigenvalue weighted by molar-refractivity contribution is -0.120. The quantitative estimate of drug-likeness (QED) is 0.288. The van der Waals surface area contributed by atoms with Gasteiger partial charge in [0.15, 0.2) is 11.5 Å². The fourth-order valence-corrected chi connectivity index (χ4v) is 3.05. The molecule has 0 aliphatic carbocycles. The summed E-state index contributed by atoms with van der Waals surface area (Å²) in [4.78, 5) is 13.1. The molecule has 2 aromatic rings. The maximum absolute atomic E-state index is 12.2. The van der Waals surface area contributed by atoms with Crippen LogP contribution in [0.1, 0.15) is 12.5 Å². The number of carbonyl (C=O) groups excluding carboxylic acids is 1. The molecule has 0 heterocycles. The van der Waals surface area contributed by atoms with Gasteiger partial charge >= 0.3 is 0 Å². The largest absolute Gasteiger partial charge is 0.493 e. The molecule has 0 aliphatic heterocycles. The normalized spacial score (nSPS) is 11.8. The molecule has 1 amide bonds. The van der Waals surface area contributed by atoms with Gasteiger partial charge < -0.3 is 9.47 Å². The van der Waals surface area contributed by atoms with Gasteiger partial charge in [0.05, 0.1) is 18.6 Å². The third-order valence-electron chi connectivity index (χ3n) is 3.43. The maximum Gasteiger partial charge on any atom is 0.253 e. The van der Waals surface area contributed by atoms with Crippen molar-refractivity contribution < 1.29 is 14.3 Å². The molecule has 0 spiro atoms. The van der Waals surface area contributed by atoms with Gasteiger partial charge in [-0.05, 0) is 55.0 Å². The van der Waals surface area contributed by atoms with Crippen molar-refractivity contribution >= 4 is 35.5 Å². The fraction of sp³-hybridized carbons (Fsp3) is 0.200. The number of nitrogens with zero attached hydrogens (tertiary/aromatic N) is 1. The van der Waals surface area contributed by atoms with E-state index in [9.17, 15) is 4.79 Å². The van der Waals surface area contributed by atoms with Crippen LogP contribution in [0.3, 0.4) is 0 Å². The van der Waals surface area contributed by atoms with Crippen molar-refractivity contribution in [3.8, 4) is 11.5 Å². The van der Waals surface area contributed by atoms with E-state index in [1.165, 1.54) is 11.8 Å². The zero-order chi connectivity index (χ0) is 19.6. The average molecular weight is 405 g/mol. The smallest absolute Gasteiger partial charge is 0.253 e. The van der Waals surface area contributed by atoms with E-state index in [1.807, 2.05) is 25.1 Å². The molecule has 0 radical (unpaired) electrons. The Balaban J connectivity index is 1.92. The first-order chi connectivity index (χ1) is 13.0. The van der Waals surface area contributed by atoms with Gasteiger partial charge in [0.1, 0.15) is 6.61 Å².